The summed E-state index contributed by atoms with van der Waals surface area (Å²) in [4.78, 5) is 12.9. The fourth-order valence-electron chi connectivity index (χ4n) is 2.58. The first kappa shape index (κ1) is 18.5. The van der Waals surface area contributed by atoms with E-state index in [1.807, 2.05) is 37.4 Å². The highest BCUT2D eigenvalue weighted by atomic mass is 35.5. The number of amides is 1. The highest BCUT2D eigenvalue weighted by Gasteiger charge is 2.09. The standard InChI is InChI=1S/C19H20ClN3O2S/c1-13-5-14(2)7-17(6-13)25-11-15-8-18(26-12-15)19(24)21-3-4-23-10-16(20)9-22-23/h5-10,12H,3-4,11H2,1-2H3,(H,21,24). The summed E-state index contributed by atoms with van der Waals surface area (Å²) in [6.45, 7) is 5.60. The third-order valence-electron chi connectivity index (χ3n) is 3.71. The zero-order valence-corrected chi connectivity index (χ0v) is 16.2. The van der Waals surface area contributed by atoms with Crippen molar-refractivity contribution in [2.45, 2.75) is 27.0 Å². The molecule has 0 atom stereocenters. The van der Waals surface area contributed by atoms with Gasteiger partial charge in [-0.25, -0.2) is 0 Å². The predicted molar refractivity (Wildman–Crippen MR) is 104 cm³/mol. The molecule has 0 aliphatic heterocycles. The van der Waals surface area contributed by atoms with E-state index in [0.717, 1.165) is 11.3 Å². The summed E-state index contributed by atoms with van der Waals surface area (Å²) in [5, 5.41) is 9.50. The molecule has 3 rings (SSSR count). The van der Waals surface area contributed by atoms with Crippen LogP contribution in [0.3, 0.4) is 0 Å². The third-order valence-corrected chi connectivity index (χ3v) is 4.88. The van der Waals surface area contributed by atoms with Gasteiger partial charge in [0.1, 0.15) is 12.4 Å². The van der Waals surface area contributed by atoms with E-state index in [9.17, 15) is 4.79 Å². The van der Waals surface area contributed by atoms with Crippen LogP contribution in [0.5, 0.6) is 5.75 Å². The summed E-state index contributed by atoms with van der Waals surface area (Å²) in [7, 11) is 0. The van der Waals surface area contributed by atoms with Crippen LogP contribution in [0.2, 0.25) is 5.02 Å². The number of halogens is 1. The lowest BCUT2D eigenvalue weighted by molar-refractivity contribution is 0.0956. The second-order valence-corrected chi connectivity index (χ2v) is 7.46. The summed E-state index contributed by atoms with van der Waals surface area (Å²) in [6.07, 6.45) is 3.30. The molecule has 0 fully saturated rings. The summed E-state index contributed by atoms with van der Waals surface area (Å²) in [5.74, 6) is 0.753. The number of aryl methyl sites for hydroxylation is 2. The maximum atomic E-state index is 12.2. The fourth-order valence-corrected chi connectivity index (χ4v) is 3.55. The van der Waals surface area contributed by atoms with Gasteiger partial charge in [-0.05, 0) is 48.6 Å². The van der Waals surface area contributed by atoms with Crippen molar-refractivity contribution < 1.29 is 9.53 Å². The average molecular weight is 390 g/mol. The van der Waals surface area contributed by atoms with Gasteiger partial charge in [-0.15, -0.1) is 11.3 Å². The smallest absolute Gasteiger partial charge is 0.261 e. The molecule has 0 radical (unpaired) electrons. The first-order valence-corrected chi connectivity index (χ1v) is 9.50. The molecule has 136 valence electrons. The van der Waals surface area contributed by atoms with Crippen molar-refractivity contribution in [1.29, 1.82) is 0 Å². The van der Waals surface area contributed by atoms with Crippen molar-refractivity contribution in [1.82, 2.24) is 15.1 Å². The molecule has 5 nitrogen and oxygen atoms in total. The molecule has 0 saturated carbocycles. The minimum atomic E-state index is -0.0918. The Morgan fingerprint density at radius 3 is 2.73 bits per heavy atom. The predicted octanol–water partition coefficient (Wildman–Crippen LogP) is 4.22. The number of aromatic nitrogens is 2. The van der Waals surface area contributed by atoms with Crippen LogP contribution in [0, 0.1) is 13.8 Å². The molecular weight excluding hydrogens is 370 g/mol. The molecule has 0 saturated heterocycles. The van der Waals surface area contributed by atoms with Crippen LogP contribution >= 0.6 is 22.9 Å². The van der Waals surface area contributed by atoms with Gasteiger partial charge < -0.3 is 10.1 Å². The van der Waals surface area contributed by atoms with Gasteiger partial charge in [0.15, 0.2) is 0 Å². The fraction of sp³-hybridized carbons (Fsp3) is 0.263. The Morgan fingerprint density at radius 1 is 1.27 bits per heavy atom. The Bertz CT molecular complexity index is 884. The van der Waals surface area contributed by atoms with E-state index in [4.69, 9.17) is 16.3 Å². The zero-order valence-electron chi connectivity index (χ0n) is 14.7. The summed E-state index contributed by atoms with van der Waals surface area (Å²) < 4.78 is 7.53. The molecule has 1 N–H and O–H groups in total. The van der Waals surface area contributed by atoms with E-state index >= 15 is 0 Å². The van der Waals surface area contributed by atoms with Crippen LogP contribution in [0.1, 0.15) is 26.4 Å². The van der Waals surface area contributed by atoms with Crippen LogP contribution in [0.25, 0.3) is 0 Å². The number of carbonyl (C=O) groups excluding carboxylic acids is 1. The zero-order chi connectivity index (χ0) is 18.5. The number of hydrogen-bond acceptors (Lipinski definition) is 4. The minimum Gasteiger partial charge on any atom is -0.489 e. The molecule has 0 aliphatic rings. The Balaban J connectivity index is 1.49. The van der Waals surface area contributed by atoms with Crippen molar-refractivity contribution in [3.05, 3.63) is 68.6 Å². The van der Waals surface area contributed by atoms with E-state index in [1.54, 1.807) is 17.1 Å². The molecule has 26 heavy (non-hydrogen) atoms. The van der Waals surface area contributed by atoms with Crippen molar-refractivity contribution in [3.8, 4) is 5.75 Å². The normalized spacial score (nSPS) is 10.7. The number of hydrogen-bond donors (Lipinski definition) is 1. The molecule has 1 amide bonds. The Hall–Kier alpha value is -2.31. The summed E-state index contributed by atoms with van der Waals surface area (Å²) >= 11 is 7.22. The van der Waals surface area contributed by atoms with Gasteiger partial charge in [-0.3, -0.25) is 9.48 Å². The van der Waals surface area contributed by atoms with Gasteiger partial charge in [-0.1, -0.05) is 17.7 Å². The van der Waals surface area contributed by atoms with Gasteiger partial charge in [0.05, 0.1) is 22.6 Å². The molecule has 0 spiro atoms. The largest absolute Gasteiger partial charge is 0.489 e. The Morgan fingerprint density at radius 2 is 2.04 bits per heavy atom. The number of carbonyl (C=O) groups is 1. The minimum absolute atomic E-state index is 0.0918. The van der Waals surface area contributed by atoms with E-state index in [2.05, 4.69) is 16.5 Å². The molecule has 1 aromatic carbocycles. The van der Waals surface area contributed by atoms with Crippen molar-refractivity contribution >= 4 is 28.8 Å². The number of benzene rings is 1. The number of nitrogens with one attached hydrogen (secondary N) is 1. The average Bonchev–Trinajstić information content (AvgIpc) is 3.21. The molecule has 3 aromatic rings. The highest BCUT2D eigenvalue weighted by molar-refractivity contribution is 7.12. The summed E-state index contributed by atoms with van der Waals surface area (Å²) in [6, 6.07) is 7.99. The number of thiophene rings is 1. The molecule has 0 aliphatic carbocycles. The molecule has 2 heterocycles. The van der Waals surface area contributed by atoms with E-state index in [-0.39, 0.29) is 5.91 Å². The van der Waals surface area contributed by atoms with Gasteiger partial charge in [0.2, 0.25) is 0 Å². The van der Waals surface area contributed by atoms with E-state index in [1.165, 1.54) is 22.5 Å². The lowest BCUT2D eigenvalue weighted by Crippen LogP contribution is -2.26. The van der Waals surface area contributed by atoms with Gasteiger partial charge in [0.25, 0.3) is 5.91 Å². The highest BCUT2D eigenvalue weighted by Crippen LogP contribution is 2.20. The van der Waals surface area contributed by atoms with Gasteiger partial charge in [-0.2, -0.15) is 5.10 Å². The van der Waals surface area contributed by atoms with Crippen molar-refractivity contribution in [2.75, 3.05) is 6.54 Å². The second-order valence-electron chi connectivity index (χ2n) is 6.11. The van der Waals surface area contributed by atoms with Crippen LogP contribution in [-0.2, 0) is 13.2 Å². The first-order valence-electron chi connectivity index (χ1n) is 8.24. The SMILES string of the molecule is Cc1cc(C)cc(OCc2csc(C(=O)NCCn3cc(Cl)cn3)c2)c1. The lowest BCUT2D eigenvalue weighted by Gasteiger charge is -2.07. The van der Waals surface area contributed by atoms with Crippen LogP contribution < -0.4 is 10.1 Å². The number of rotatable bonds is 7. The maximum absolute atomic E-state index is 12.2. The van der Waals surface area contributed by atoms with Crippen LogP contribution in [0.4, 0.5) is 0 Å². The molecule has 0 bridgehead atoms. The number of ether oxygens (including phenoxy) is 1. The maximum Gasteiger partial charge on any atom is 0.261 e. The molecule has 0 unspecified atom stereocenters. The number of nitrogens with zero attached hydrogens (tertiary/aromatic N) is 2. The summed E-state index contributed by atoms with van der Waals surface area (Å²) in [5.41, 5.74) is 3.32. The van der Waals surface area contributed by atoms with E-state index in [0.29, 0.717) is 29.6 Å². The molecular formula is C19H20ClN3O2S. The van der Waals surface area contributed by atoms with Crippen molar-refractivity contribution in [3.63, 3.8) is 0 Å². The Kier molecular flexibility index (Phi) is 5.96. The third kappa shape index (κ3) is 5.09. The van der Waals surface area contributed by atoms with Crippen LogP contribution in [0.15, 0.2) is 42.0 Å². The van der Waals surface area contributed by atoms with Gasteiger partial charge >= 0.3 is 0 Å². The van der Waals surface area contributed by atoms with Crippen LogP contribution in [-0.4, -0.2) is 22.2 Å². The first-order chi connectivity index (χ1) is 12.5. The van der Waals surface area contributed by atoms with Gasteiger partial charge in [0, 0.05) is 18.3 Å². The second kappa shape index (κ2) is 8.38. The van der Waals surface area contributed by atoms with E-state index < -0.39 is 0 Å². The quantitative estimate of drug-likeness (QED) is 0.658. The monoisotopic (exact) mass is 389 g/mol. The topological polar surface area (TPSA) is 56.1 Å². The molecule has 7 heteroatoms. The molecule has 2 aromatic heterocycles. The lowest BCUT2D eigenvalue weighted by atomic mass is 10.1. The Labute approximate surface area is 161 Å². The van der Waals surface area contributed by atoms with Crippen molar-refractivity contribution in [2.24, 2.45) is 0 Å².